The number of thioether (sulfide) groups is 1. The third-order valence-corrected chi connectivity index (χ3v) is 5.51. The van der Waals surface area contributed by atoms with Crippen molar-refractivity contribution in [2.75, 3.05) is 25.4 Å². The zero-order valence-electron chi connectivity index (χ0n) is 11.8. The average Bonchev–Trinajstić information content (AvgIpc) is 2.97. The molecule has 0 bridgehead atoms. The second kappa shape index (κ2) is 6.29. The molecule has 2 heterocycles. The van der Waals surface area contributed by atoms with Crippen molar-refractivity contribution in [1.29, 1.82) is 0 Å². The fourth-order valence-corrected chi connectivity index (χ4v) is 4.48. The van der Waals surface area contributed by atoms with Crippen molar-refractivity contribution in [2.45, 2.75) is 43.2 Å². The minimum atomic E-state index is 0.629. The van der Waals surface area contributed by atoms with Gasteiger partial charge < -0.3 is 5.32 Å². The topological polar surface area (TPSA) is 15.3 Å². The quantitative estimate of drug-likeness (QED) is 0.908. The van der Waals surface area contributed by atoms with Crippen LogP contribution in [0.4, 0.5) is 0 Å². The molecule has 3 rings (SSSR count). The van der Waals surface area contributed by atoms with Crippen molar-refractivity contribution < 1.29 is 0 Å². The summed E-state index contributed by atoms with van der Waals surface area (Å²) < 4.78 is 0. The smallest absolute Gasteiger partial charge is 0.0367 e. The Morgan fingerprint density at radius 1 is 1.32 bits per heavy atom. The van der Waals surface area contributed by atoms with E-state index in [4.69, 9.17) is 0 Å². The van der Waals surface area contributed by atoms with E-state index in [-0.39, 0.29) is 0 Å². The highest BCUT2D eigenvalue weighted by atomic mass is 32.2. The monoisotopic (exact) mass is 276 g/mol. The molecule has 0 aromatic heterocycles. The maximum atomic E-state index is 3.64. The van der Waals surface area contributed by atoms with Crippen LogP contribution in [0.3, 0.4) is 0 Å². The van der Waals surface area contributed by atoms with Gasteiger partial charge in [-0.3, -0.25) is 4.90 Å². The van der Waals surface area contributed by atoms with E-state index in [1.165, 1.54) is 43.0 Å². The van der Waals surface area contributed by atoms with Gasteiger partial charge in [0.05, 0.1) is 0 Å². The third kappa shape index (κ3) is 2.99. The largest absolute Gasteiger partial charge is 0.313 e. The number of rotatable bonds is 4. The second-order valence-corrected chi connectivity index (χ2v) is 6.71. The number of hydrogen-bond acceptors (Lipinski definition) is 3. The lowest BCUT2D eigenvalue weighted by Gasteiger charge is -2.36. The molecule has 2 nitrogen and oxygen atoms in total. The highest BCUT2D eigenvalue weighted by Gasteiger charge is 2.27. The molecule has 104 valence electrons. The summed E-state index contributed by atoms with van der Waals surface area (Å²) in [5, 5.41) is 3.64. The van der Waals surface area contributed by atoms with Gasteiger partial charge in [0.1, 0.15) is 0 Å². The first-order valence-electron chi connectivity index (χ1n) is 7.57. The first-order chi connectivity index (χ1) is 9.38. The number of benzene rings is 1. The van der Waals surface area contributed by atoms with Gasteiger partial charge in [0.25, 0.3) is 0 Å². The van der Waals surface area contributed by atoms with E-state index in [0.29, 0.717) is 12.1 Å². The van der Waals surface area contributed by atoms with Gasteiger partial charge in [-0.1, -0.05) is 25.1 Å². The minimum Gasteiger partial charge on any atom is -0.313 e. The number of likely N-dealkylation sites (N-methyl/N-ethyl adjacent to an activating group) is 1. The summed E-state index contributed by atoms with van der Waals surface area (Å²) in [5.41, 5.74) is 1.55. The molecule has 3 heteroatoms. The standard InChI is InChI=1S/C16H24N2S/c1-2-18(12-13-6-5-10-17-13)15-9-11-19-16-8-4-3-7-14(15)16/h3-4,7-8,13,15,17H,2,5-6,9-12H2,1H3. The molecule has 1 N–H and O–H groups in total. The normalized spacial score (nSPS) is 26.6. The van der Waals surface area contributed by atoms with E-state index in [1.54, 1.807) is 5.56 Å². The Labute approximate surface area is 121 Å². The molecule has 2 unspecified atom stereocenters. The molecular formula is C16H24N2S. The molecule has 0 radical (unpaired) electrons. The third-order valence-electron chi connectivity index (χ3n) is 4.39. The summed E-state index contributed by atoms with van der Waals surface area (Å²) in [6.45, 7) is 5.88. The summed E-state index contributed by atoms with van der Waals surface area (Å²) in [6.07, 6.45) is 3.99. The highest BCUT2D eigenvalue weighted by molar-refractivity contribution is 7.99. The van der Waals surface area contributed by atoms with Gasteiger partial charge in [0.15, 0.2) is 0 Å². The number of fused-ring (bicyclic) bond motifs is 1. The first kappa shape index (κ1) is 13.5. The average molecular weight is 276 g/mol. The Bertz CT molecular complexity index is 415. The molecule has 1 saturated heterocycles. The lowest BCUT2D eigenvalue weighted by molar-refractivity contribution is 0.182. The van der Waals surface area contributed by atoms with Crippen molar-refractivity contribution in [3.8, 4) is 0 Å². The summed E-state index contributed by atoms with van der Waals surface area (Å²) in [6, 6.07) is 10.3. The Kier molecular flexibility index (Phi) is 4.46. The molecule has 1 aromatic rings. The Morgan fingerprint density at radius 3 is 3.00 bits per heavy atom. The predicted molar refractivity (Wildman–Crippen MR) is 82.8 cm³/mol. The lowest BCUT2D eigenvalue weighted by atomic mass is 10.0. The molecule has 2 atom stereocenters. The van der Waals surface area contributed by atoms with Crippen LogP contribution in [0.25, 0.3) is 0 Å². The van der Waals surface area contributed by atoms with E-state index in [9.17, 15) is 0 Å². The molecule has 1 aromatic carbocycles. The van der Waals surface area contributed by atoms with Crippen LogP contribution in [0.1, 0.15) is 37.8 Å². The van der Waals surface area contributed by atoms with Crippen LogP contribution in [0, 0.1) is 0 Å². The maximum Gasteiger partial charge on any atom is 0.0367 e. The van der Waals surface area contributed by atoms with E-state index in [0.717, 1.165) is 6.54 Å². The number of nitrogens with zero attached hydrogens (tertiary/aromatic N) is 1. The molecule has 0 amide bonds. The Morgan fingerprint density at radius 2 is 2.21 bits per heavy atom. The number of hydrogen-bond donors (Lipinski definition) is 1. The molecule has 2 aliphatic heterocycles. The highest BCUT2D eigenvalue weighted by Crippen LogP contribution is 2.39. The van der Waals surface area contributed by atoms with Gasteiger partial charge in [-0.05, 0) is 49.7 Å². The van der Waals surface area contributed by atoms with Gasteiger partial charge in [0.2, 0.25) is 0 Å². The van der Waals surface area contributed by atoms with Gasteiger partial charge in [0, 0.05) is 23.5 Å². The predicted octanol–water partition coefficient (Wildman–Crippen LogP) is 3.30. The first-order valence-corrected chi connectivity index (χ1v) is 8.56. The van der Waals surface area contributed by atoms with Crippen LogP contribution < -0.4 is 5.32 Å². The summed E-state index contributed by atoms with van der Waals surface area (Å²) >= 11 is 2.02. The zero-order chi connectivity index (χ0) is 13.1. The van der Waals surface area contributed by atoms with E-state index in [1.807, 2.05) is 11.8 Å². The fraction of sp³-hybridized carbons (Fsp3) is 0.625. The van der Waals surface area contributed by atoms with Crippen molar-refractivity contribution >= 4 is 11.8 Å². The maximum absolute atomic E-state index is 3.64. The lowest BCUT2D eigenvalue weighted by Crippen LogP contribution is -2.40. The van der Waals surface area contributed by atoms with Crippen LogP contribution in [-0.4, -0.2) is 36.3 Å². The summed E-state index contributed by atoms with van der Waals surface area (Å²) in [5.74, 6) is 1.26. The van der Waals surface area contributed by atoms with E-state index < -0.39 is 0 Å². The van der Waals surface area contributed by atoms with Crippen LogP contribution in [-0.2, 0) is 0 Å². The zero-order valence-corrected chi connectivity index (χ0v) is 12.6. The molecule has 1 fully saturated rings. The Balaban J connectivity index is 1.76. The van der Waals surface area contributed by atoms with Gasteiger partial charge in [-0.15, -0.1) is 11.8 Å². The Hall–Kier alpha value is -0.510. The van der Waals surface area contributed by atoms with Crippen LogP contribution >= 0.6 is 11.8 Å². The number of nitrogens with one attached hydrogen (secondary N) is 1. The molecular weight excluding hydrogens is 252 g/mol. The van der Waals surface area contributed by atoms with Crippen molar-refractivity contribution in [3.05, 3.63) is 29.8 Å². The van der Waals surface area contributed by atoms with Crippen molar-refractivity contribution in [1.82, 2.24) is 10.2 Å². The fourth-order valence-electron chi connectivity index (χ4n) is 3.37. The SMILES string of the molecule is CCN(CC1CCCN1)C1CCSc2ccccc21. The summed E-state index contributed by atoms with van der Waals surface area (Å²) in [4.78, 5) is 4.18. The molecule has 19 heavy (non-hydrogen) atoms. The van der Waals surface area contributed by atoms with E-state index in [2.05, 4.69) is 41.4 Å². The van der Waals surface area contributed by atoms with Crippen LogP contribution in [0.15, 0.2) is 29.2 Å². The second-order valence-electron chi connectivity index (χ2n) is 5.57. The van der Waals surface area contributed by atoms with Gasteiger partial charge >= 0.3 is 0 Å². The van der Waals surface area contributed by atoms with Gasteiger partial charge in [-0.25, -0.2) is 0 Å². The van der Waals surface area contributed by atoms with E-state index >= 15 is 0 Å². The van der Waals surface area contributed by atoms with Crippen LogP contribution in [0.2, 0.25) is 0 Å². The molecule has 2 aliphatic rings. The molecule has 0 saturated carbocycles. The molecule has 0 spiro atoms. The van der Waals surface area contributed by atoms with Crippen molar-refractivity contribution in [2.24, 2.45) is 0 Å². The van der Waals surface area contributed by atoms with Gasteiger partial charge in [-0.2, -0.15) is 0 Å². The summed E-state index contributed by atoms with van der Waals surface area (Å²) in [7, 11) is 0. The van der Waals surface area contributed by atoms with Crippen molar-refractivity contribution in [3.63, 3.8) is 0 Å². The molecule has 0 aliphatic carbocycles. The minimum absolute atomic E-state index is 0.629. The van der Waals surface area contributed by atoms with Crippen LogP contribution in [0.5, 0.6) is 0 Å².